The third kappa shape index (κ3) is 6.16. The number of hydrogen-bond donors (Lipinski definition) is 2. The second-order valence-electron chi connectivity index (χ2n) is 9.77. The van der Waals surface area contributed by atoms with Crippen LogP contribution in [0.1, 0.15) is 29.0 Å². The maximum absolute atomic E-state index is 12.3. The molecule has 0 aliphatic carbocycles. The molecule has 0 saturated carbocycles. The number of rotatable bonds is 9. The highest BCUT2D eigenvalue weighted by Gasteiger charge is 2.52. The fraction of sp³-hybridized carbons (Fsp3) is 0.367. The third-order valence-corrected chi connectivity index (χ3v) is 8.67. The molecule has 8 heteroatoms. The monoisotopic (exact) mass is 574 g/mol. The summed E-state index contributed by atoms with van der Waals surface area (Å²) >= 11 is 1.71. The molecule has 204 valence electrons. The molecule has 0 spiro atoms. The van der Waals surface area contributed by atoms with E-state index in [4.69, 9.17) is 4.74 Å². The SMILES string of the molecule is COc1ccc(SC)cc1CN[C@H]1[C@H]2CCN(C[C@@H]2C(=O)O)[C@@H]1C(c1ccccc1)c1ccccc1.Cl.Cl. The molecule has 3 saturated heterocycles. The van der Waals surface area contributed by atoms with E-state index in [0.717, 1.165) is 24.3 Å². The zero-order valence-corrected chi connectivity index (χ0v) is 24.1. The predicted octanol–water partition coefficient (Wildman–Crippen LogP) is 5.96. The zero-order chi connectivity index (χ0) is 25.1. The summed E-state index contributed by atoms with van der Waals surface area (Å²) < 4.78 is 5.67. The average Bonchev–Trinajstić information content (AvgIpc) is 2.93. The largest absolute Gasteiger partial charge is 0.496 e. The van der Waals surface area contributed by atoms with Crippen LogP contribution in [0.3, 0.4) is 0 Å². The zero-order valence-electron chi connectivity index (χ0n) is 21.7. The summed E-state index contributed by atoms with van der Waals surface area (Å²) in [5.41, 5.74) is 3.63. The molecule has 1 unspecified atom stereocenters. The molecule has 0 aromatic heterocycles. The number of nitrogens with one attached hydrogen (secondary N) is 1. The van der Waals surface area contributed by atoms with Crippen molar-refractivity contribution in [3.05, 3.63) is 95.6 Å². The minimum absolute atomic E-state index is 0. The molecule has 3 fully saturated rings. The molecular weight excluding hydrogens is 539 g/mol. The van der Waals surface area contributed by atoms with Gasteiger partial charge < -0.3 is 15.2 Å². The van der Waals surface area contributed by atoms with E-state index in [1.165, 1.54) is 16.0 Å². The van der Waals surface area contributed by atoms with Crippen LogP contribution in [0.2, 0.25) is 0 Å². The van der Waals surface area contributed by atoms with Crippen molar-refractivity contribution in [2.24, 2.45) is 11.8 Å². The molecule has 3 aliphatic heterocycles. The summed E-state index contributed by atoms with van der Waals surface area (Å²) in [6.07, 6.45) is 2.97. The topological polar surface area (TPSA) is 61.8 Å². The Labute approximate surface area is 242 Å². The first-order chi connectivity index (χ1) is 17.6. The van der Waals surface area contributed by atoms with Crippen molar-refractivity contribution < 1.29 is 14.6 Å². The van der Waals surface area contributed by atoms with E-state index >= 15 is 0 Å². The molecule has 3 aliphatic rings. The molecule has 0 amide bonds. The van der Waals surface area contributed by atoms with Crippen molar-refractivity contribution >= 4 is 42.5 Å². The van der Waals surface area contributed by atoms with Crippen LogP contribution in [-0.4, -0.2) is 54.5 Å². The fourth-order valence-electron chi connectivity index (χ4n) is 6.28. The van der Waals surface area contributed by atoms with E-state index < -0.39 is 5.97 Å². The van der Waals surface area contributed by atoms with Gasteiger partial charge in [-0.05, 0) is 54.5 Å². The van der Waals surface area contributed by atoms with Crippen LogP contribution in [0.5, 0.6) is 5.75 Å². The van der Waals surface area contributed by atoms with Crippen LogP contribution in [-0.2, 0) is 11.3 Å². The van der Waals surface area contributed by atoms with Gasteiger partial charge >= 0.3 is 5.97 Å². The number of halogens is 2. The van der Waals surface area contributed by atoms with E-state index in [9.17, 15) is 9.90 Å². The van der Waals surface area contributed by atoms with Gasteiger partial charge in [0.25, 0.3) is 0 Å². The number of ether oxygens (including phenoxy) is 1. The minimum Gasteiger partial charge on any atom is -0.496 e. The molecule has 3 heterocycles. The molecule has 3 aromatic carbocycles. The number of aliphatic carboxylic acids is 1. The number of fused-ring (bicyclic) bond motifs is 3. The van der Waals surface area contributed by atoms with Gasteiger partial charge in [0.15, 0.2) is 0 Å². The van der Waals surface area contributed by atoms with Crippen molar-refractivity contribution in [3.8, 4) is 5.75 Å². The molecule has 5 atom stereocenters. The molecule has 0 radical (unpaired) electrons. The number of thioether (sulfide) groups is 1. The molecule has 5 nitrogen and oxygen atoms in total. The van der Waals surface area contributed by atoms with Gasteiger partial charge in [0.05, 0.1) is 13.0 Å². The van der Waals surface area contributed by atoms with Crippen molar-refractivity contribution in [2.75, 3.05) is 26.5 Å². The molecule has 2 N–H and O–H groups in total. The molecule has 2 bridgehead atoms. The van der Waals surface area contributed by atoms with E-state index in [2.05, 4.69) is 89.3 Å². The first-order valence-corrected chi connectivity index (χ1v) is 13.8. The Kier molecular flexibility index (Phi) is 10.9. The number of piperidine rings is 3. The minimum atomic E-state index is -0.687. The lowest BCUT2D eigenvalue weighted by molar-refractivity contribution is -0.152. The summed E-state index contributed by atoms with van der Waals surface area (Å²) in [7, 11) is 1.70. The number of methoxy groups -OCH3 is 1. The second-order valence-corrected chi connectivity index (χ2v) is 10.6. The Morgan fingerprint density at radius 2 is 1.68 bits per heavy atom. The number of benzene rings is 3. The molecule has 6 rings (SSSR count). The first-order valence-electron chi connectivity index (χ1n) is 12.6. The highest BCUT2D eigenvalue weighted by Crippen LogP contribution is 2.44. The Balaban J connectivity index is 0.00000200. The van der Waals surface area contributed by atoms with Gasteiger partial charge in [-0.15, -0.1) is 36.6 Å². The predicted molar refractivity (Wildman–Crippen MR) is 159 cm³/mol. The number of carboxylic acids is 1. The van der Waals surface area contributed by atoms with Crippen LogP contribution in [0.15, 0.2) is 83.8 Å². The van der Waals surface area contributed by atoms with Crippen molar-refractivity contribution in [1.29, 1.82) is 0 Å². The van der Waals surface area contributed by atoms with Crippen molar-refractivity contribution in [2.45, 2.75) is 35.9 Å². The van der Waals surface area contributed by atoms with E-state index in [1.807, 2.05) is 6.07 Å². The van der Waals surface area contributed by atoms with Crippen molar-refractivity contribution in [3.63, 3.8) is 0 Å². The molecular formula is C30H36Cl2N2O3S. The highest BCUT2D eigenvalue weighted by atomic mass is 35.5. The summed E-state index contributed by atoms with van der Waals surface area (Å²) in [6, 6.07) is 27.8. The van der Waals surface area contributed by atoms with Gasteiger partial charge in [-0.3, -0.25) is 9.69 Å². The van der Waals surface area contributed by atoms with Crippen LogP contribution in [0, 0.1) is 11.8 Å². The van der Waals surface area contributed by atoms with E-state index in [-0.39, 0.29) is 54.7 Å². The highest BCUT2D eigenvalue weighted by molar-refractivity contribution is 7.98. The second kappa shape index (κ2) is 13.7. The molecule has 38 heavy (non-hydrogen) atoms. The van der Waals surface area contributed by atoms with Crippen LogP contribution < -0.4 is 10.1 Å². The maximum Gasteiger partial charge on any atom is 0.308 e. The third-order valence-electron chi connectivity index (χ3n) is 7.94. The first kappa shape index (κ1) is 30.3. The van der Waals surface area contributed by atoms with Crippen LogP contribution in [0.4, 0.5) is 0 Å². The number of carboxylic acid groups (broad SMARTS) is 1. The normalized spacial score (nSPS) is 23.8. The quantitative estimate of drug-likeness (QED) is 0.308. The van der Waals surface area contributed by atoms with Gasteiger partial charge in [0.2, 0.25) is 0 Å². The van der Waals surface area contributed by atoms with Gasteiger partial charge in [-0.2, -0.15) is 0 Å². The number of nitrogens with zero attached hydrogens (tertiary/aromatic N) is 1. The van der Waals surface area contributed by atoms with Crippen molar-refractivity contribution in [1.82, 2.24) is 10.2 Å². The Morgan fingerprint density at radius 3 is 2.24 bits per heavy atom. The Morgan fingerprint density at radius 1 is 1.05 bits per heavy atom. The Bertz CT molecular complexity index is 1150. The number of carbonyl (C=O) groups is 1. The van der Waals surface area contributed by atoms with Gasteiger partial charge in [0, 0.05) is 41.6 Å². The smallest absolute Gasteiger partial charge is 0.308 e. The maximum atomic E-state index is 12.3. The lowest BCUT2D eigenvalue weighted by atomic mass is 9.66. The Hall–Kier alpha value is -2.22. The van der Waals surface area contributed by atoms with Crippen LogP contribution in [0.25, 0.3) is 0 Å². The summed E-state index contributed by atoms with van der Waals surface area (Å²) in [5, 5.41) is 14.0. The fourth-order valence-corrected chi connectivity index (χ4v) is 6.75. The summed E-state index contributed by atoms with van der Waals surface area (Å²) in [5.74, 6) is 0.0200. The lowest BCUT2D eigenvalue weighted by Crippen LogP contribution is -2.68. The standard InChI is InChI=1S/C30H34N2O3S.2ClH/c1-35-26-14-13-23(36-2)17-22(26)18-31-28-24-15-16-32(19-25(24)30(33)34)29(28)27(20-9-5-3-6-10-20)21-11-7-4-8-12-21;;/h3-14,17,24-25,27-29,31H,15-16,18-19H2,1-2H3,(H,33,34);2*1H/t24-,25-,28-,29+;;/m0../s1. The average molecular weight is 576 g/mol. The van der Waals surface area contributed by atoms with Crippen LogP contribution >= 0.6 is 36.6 Å². The number of hydrogen-bond acceptors (Lipinski definition) is 5. The summed E-state index contributed by atoms with van der Waals surface area (Å²) in [6.45, 7) is 2.16. The summed E-state index contributed by atoms with van der Waals surface area (Å²) in [4.78, 5) is 15.9. The molecule has 3 aromatic rings. The van der Waals surface area contributed by atoms with E-state index in [1.54, 1.807) is 18.9 Å². The van der Waals surface area contributed by atoms with Gasteiger partial charge in [-0.1, -0.05) is 60.7 Å². The van der Waals surface area contributed by atoms with E-state index in [0.29, 0.717) is 13.1 Å². The van der Waals surface area contributed by atoms with Gasteiger partial charge in [0.1, 0.15) is 5.75 Å². The van der Waals surface area contributed by atoms with Gasteiger partial charge in [-0.25, -0.2) is 0 Å². The lowest BCUT2D eigenvalue weighted by Gasteiger charge is -2.56.